The molecule has 0 atom stereocenters. The van der Waals surface area contributed by atoms with E-state index >= 15 is 0 Å². The van der Waals surface area contributed by atoms with Crippen molar-refractivity contribution in [2.45, 2.75) is 84.7 Å². The van der Waals surface area contributed by atoms with Crippen molar-refractivity contribution in [2.75, 3.05) is 0 Å². The molecular formula is C37H44O4. The van der Waals surface area contributed by atoms with Gasteiger partial charge in [-0.15, -0.1) is 13.2 Å². The summed E-state index contributed by atoms with van der Waals surface area (Å²) in [6, 6.07) is 19.0. The molecule has 0 aliphatic heterocycles. The van der Waals surface area contributed by atoms with E-state index in [4.69, 9.17) is 9.47 Å². The molecule has 0 radical (unpaired) electrons. The summed E-state index contributed by atoms with van der Waals surface area (Å²) in [5.74, 6) is -0.403. The molecule has 3 aromatic rings. The second-order valence-corrected chi connectivity index (χ2v) is 11.8. The number of rotatable bonds is 13. The van der Waals surface area contributed by atoms with Crippen molar-refractivity contribution >= 4 is 11.9 Å². The highest BCUT2D eigenvalue weighted by Gasteiger charge is 2.23. The number of carbonyl (C=O) groups is 2. The van der Waals surface area contributed by atoms with E-state index in [2.05, 4.69) is 58.2 Å². The Balaban J connectivity index is 1.78. The highest BCUT2D eigenvalue weighted by Crippen LogP contribution is 2.32. The first-order valence-electron chi connectivity index (χ1n) is 14.4. The molecule has 3 aromatic carbocycles. The van der Waals surface area contributed by atoms with Crippen LogP contribution in [-0.4, -0.2) is 17.5 Å². The molecule has 0 saturated heterocycles. The van der Waals surface area contributed by atoms with Gasteiger partial charge in [-0.1, -0.05) is 70.2 Å². The molecule has 0 bridgehead atoms. The molecule has 0 spiro atoms. The molecule has 216 valence electrons. The van der Waals surface area contributed by atoms with Gasteiger partial charge in [0.15, 0.2) is 0 Å². The Bertz CT molecular complexity index is 1390. The Labute approximate surface area is 246 Å². The van der Waals surface area contributed by atoms with E-state index in [1.807, 2.05) is 39.0 Å². The highest BCUT2D eigenvalue weighted by atomic mass is 16.6. The summed E-state index contributed by atoms with van der Waals surface area (Å²) in [5, 5.41) is 0. The number of hydrogen-bond acceptors (Lipinski definition) is 4. The number of esters is 2. The first-order chi connectivity index (χ1) is 19.4. The zero-order valence-corrected chi connectivity index (χ0v) is 25.5. The van der Waals surface area contributed by atoms with Crippen LogP contribution in [0.5, 0.6) is 5.75 Å². The fourth-order valence-electron chi connectivity index (χ4n) is 4.61. The van der Waals surface area contributed by atoms with E-state index in [9.17, 15) is 9.59 Å². The third-order valence-corrected chi connectivity index (χ3v) is 7.82. The van der Waals surface area contributed by atoms with E-state index in [0.717, 1.165) is 30.4 Å². The average molecular weight is 553 g/mol. The van der Waals surface area contributed by atoms with Crippen LogP contribution < -0.4 is 4.74 Å². The van der Waals surface area contributed by atoms with E-state index in [0.29, 0.717) is 29.7 Å². The second-order valence-electron chi connectivity index (χ2n) is 11.8. The van der Waals surface area contributed by atoms with Gasteiger partial charge in [-0.05, 0) is 110 Å². The van der Waals surface area contributed by atoms with Crippen LogP contribution >= 0.6 is 0 Å². The van der Waals surface area contributed by atoms with Gasteiger partial charge >= 0.3 is 11.9 Å². The van der Waals surface area contributed by atoms with Crippen molar-refractivity contribution in [3.8, 4) is 5.75 Å². The van der Waals surface area contributed by atoms with Gasteiger partial charge in [-0.25, -0.2) is 9.59 Å². The van der Waals surface area contributed by atoms with Crippen molar-refractivity contribution in [1.82, 2.24) is 0 Å². The van der Waals surface area contributed by atoms with Crippen LogP contribution in [0.1, 0.15) is 103 Å². The molecule has 0 aliphatic carbocycles. The summed E-state index contributed by atoms with van der Waals surface area (Å²) in [6.07, 6.45) is 7.71. The minimum atomic E-state index is -0.550. The molecule has 3 rings (SSSR count). The van der Waals surface area contributed by atoms with Crippen molar-refractivity contribution in [1.29, 1.82) is 0 Å². The maximum absolute atomic E-state index is 13.0. The Morgan fingerprint density at radius 2 is 1.27 bits per heavy atom. The maximum atomic E-state index is 13.0. The third kappa shape index (κ3) is 8.29. The quantitative estimate of drug-likeness (QED) is 0.121. The zero-order chi connectivity index (χ0) is 30.2. The predicted molar refractivity (Wildman–Crippen MR) is 168 cm³/mol. The molecule has 0 heterocycles. The van der Waals surface area contributed by atoms with Gasteiger partial charge in [0.25, 0.3) is 0 Å². The summed E-state index contributed by atoms with van der Waals surface area (Å²) in [7, 11) is 0. The molecule has 4 nitrogen and oxygen atoms in total. The van der Waals surface area contributed by atoms with E-state index in [1.165, 1.54) is 16.7 Å². The zero-order valence-electron chi connectivity index (χ0n) is 25.5. The van der Waals surface area contributed by atoms with Gasteiger partial charge in [0.2, 0.25) is 0 Å². The summed E-state index contributed by atoms with van der Waals surface area (Å²) in [4.78, 5) is 25.4. The molecule has 41 heavy (non-hydrogen) atoms. The number of benzene rings is 3. The molecule has 0 aliphatic rings. The highest BCUT2D eigenvalue weighted by molar-refractivity contribution is 5.94. The molecule has 0 saturated carbocycles. The minimum Gasteiger partial charge on any atom is -0.456 e. The van der Waals surface area contributed by atoms with Crippen LogP contribution in [0.3, 0.4) is 0 Å². The van der Waals surface area contributed by atoms with Crippen molar-refractivity contribution in [2.24, 2.45) is 0 Å². The smallest absolute Gasteiger partial charge is 0.343 e. The van der Waals surface area contributed by atoms with Crippen molar-refractivity contribution in [3.05, 3.63) is 125 Å². The number of hydrogen-bond donors (Lipinski definition) is 0. The molecular weight excluding hydrogens is 508 g/mol. The summed E-state index contributed by atoms with van der Waals surface area (Å²) in [6.45, 7) is 20.3. The van der Waals surface area contributed by atoms with Crippen molar-refractivity contribution < 1.29 is 19.1 Å². The minimum absolute atomic E-state index is 0.106. The van der Waals surface area contributed by atoms with Crippen LogP contribution in [0, 0.1) is 0 Å². The Hall–Kier alpha value is -3.92. The lowest BCUT2D eigenvalue weighted by molar-refractivity contribution is -0.00246. The molecule has 0 fully saturated rings. The van der Waals surface area contributed by atoms with Crippen molar-refractivity contribution in [3.63, 3.8) is 0 Å². The number of allylic oxidation sites excluding steroid dienone is 2. The monoisotopic (exact) mass is 552 g/mol. The van der Waals surface area contributed by atoms with Gasteiger partial charge in [0, 0.05) is 0 Å². The Morgan fingerprint density at radius 3 is 1.83 bits per heavy atom. The lowest BCUT2D eigenvalue weighted by Gasteiger charge is -2.27. The lowest BCUT2D eigenvalue weighted by Crippen LogP contribution is -2.27. The number of carbonyl (C=O) groups excluding carboxylic acids is 2. The SMILES string of the molecule is C=CCc1cc(Cc2ccc(C(C)(C)CC)c(CC=C)c2)ccc1OC(=O)c1ccc(C(=O)OC(C)(C)CC)cc1. The van der Waals surface area contributed by atoms with Gasteiger partial charge in [-0.3, -0.25) is 0 Å². The van der Waals surface area contributed by atoms with Crippen LogP contribution in [0.15, 0.2) is 86.0 Å². The standard InChI is InChI=1S/C37H44O4/c1-9-13-30-24-26(15-21-32(30)36(5,6)11-3)23-27-16-22-33(31(25-27)14-10-2)40-34(38)28-17-19-29(20-18-28)35(39)41-37(7,8)12-4/h9-10,15-22,24-25H,1-2,11-14,23H2,3-8H3. The molecule has 0 N–H and O–H groups in total. The molecule has 0 amide bonds. The summed E-state index contributed by atoms with van der Waals surface area (Å²) >= 11 is 0. The lowest BCUT2D eigenvalue weighted by atomic mass is 9.78. The number of ether oxygens (including phenoxy) is 2. The molecule has 4 heteroatoms. The maximum Gasteiger partial charge on any atom is 0.343 e. The Morgan fingerprint density at radius 1 is 0.732 bits per heavy atom. The van der Waals surface area contributed by atoms with Crippen LogP contribution in [0.25, 0.3) is 0 Å². The normalized spacial score (nSPS) is 11.6. The fourth-order valence-corrected chi connectivity index (χ4v) is 4.61. The summed E-state index contributed by atoms with van der Waals surface area (Å²) in [5.41, 5.74) is 6.24. The van der Waals surface area contributed by atoms with Crippen LogP contribution in [0.2, 0.25) is 0 Å². The second kappa shape index (κ2) is 13.6. The third-order valence-electron chi connectivity index (χ3n) is 7.82. The van der Waals surface area contributed by atoms with Gasteiger partial charge in [0.05, 0.1) is 11.1 Å². The fraction of sp³-hybridized carbons (Fsp3) is 0.351. The van der Waals surface area contributed by atoms with Crippen LogP contribution in [0.4, 0.5) is 0 Å². The van der Waals surface area contributed by atoms with Crippen LogP contribution in [-0.2, 0) is 29.4 Å². The first-order valence-corrected chi connectivity index (χ1v) is 14.4. The topological polar surface area (TPSA) is 52.6 Å². The summed E-state index contributed by atoms with van der Waals surface area (Å²) < 4.78 is 11.3. The molecule has 0 unspecified atom stereocenters. The Kier molecular flexibility index (Phi) is 10.5. The molecule has 0 aromatic heterocycles. The predicted octanol–water partition coefficient (Wildman–Crippen LogP) is 8.99. The first kappa shape index (κ1) is 31.6. The van der Waals surface area contributed by atoms with E-state index < -0.39 is 17.5 Å². The van der Waals surface area contributed by atoms with E-state index in [-0.39, 0.29) is 5.41 Å². The van der Waals surface area contributed by atoms with Gasteiger partial charge in [-0.2, -0.15) is 0 Å². The van der Waals surface area contributed by atoms with Gasteiger partial charge in [0.1, 0.15) is 11.4 Å². The van der Waals surface area contributed by atoms with E-state index in [1.54, 1.807) is 30.3 Å². The van der Waals surface area contributed by atoms with Gasteiger partial charge < -0.3 is 9.47 Å². The average Bonchev–Trinajstić information content (AvgIpc) is 2.94. The largest absolute Gasteiger partial charge is 0.456 e.